The monoisotopic (exact) mass is 251 g/mol. The minimum absolute atomic E-state index is 0.446. The summed E-state index contributed by atoms with van der Waals surface area (Å²) in [6, 6.07) is 5.93. The van der Waals surface area contributed by atoms with Gasteiger partial charge in [0.25, 0.3) is 0 Å². The van der Waals surface area contributed by atoms with E-state index in [0.29, 0.717) is 6.54 Å². The van der Waals surface area contributed by atoms with E-state index in [2.05, 4.69) is 25.9 Å². The molecular formula is C10H10BrN3. The molecule has 1 aromatic heterocycles. The number of halogens is 1. The van der Waals surface area contributed by atoms with Crippen LogP contribution in [-0.2, 0) is 6.54 Å². The van der Waals surface area contributed by atoms with Gasteiger partial charge in [-0.15, -0.1) is 0 Å². The Morgan fingerprint density at radius 1 is 1.36 bits per heavy atom. The molecule has 0 saturated carbocycles. The minimum Gasteiger partial charge on any atom is -0.325 e. The first kappa shape index (κ1) is 9.55. The van der Waals surface area contributed by atoms with Gasteiger partial charge in [-0.3, -0.25) is 0 Å². The van der Waals surface area contributed by atoms with Gasteiger partial charge in [-0.25, -0.2) is 9.97 Å². The summed E-state index contributed by atoms with van der Waals surface area (Å²) < 4.78 is 1.02. The van der Waals surface area contributed by atoms with Crippen LogP contribution < -0.4 is 5.73 Å². The fourth-order valence-electron chi connectivity index (χ4n) is 1.45. The van der Waals surface area contributed by atoms with Crippen molar-refractivity contribution in [1.29, 1.82) is 0 Å². The van der Waals surface area contributed by atoms with Crippen LogP contribution in [0.4, 0.5) is 0 Å². The molecule has 0 aliphatic carbocycles. The van der Waals surface area contributed by atoms with Crippen molar-refractivity contribution in [2.75, 3.05) is 0 Å². The fourth-order valence-corrected chi connectivity index (χ4v) is 1.80. The molecule has 14 heavy (non-hydrogen) atoms. The number of aryl methyl sites for hydroxylation is 1. The fraction of sp³-hybridized carbons (Fsp3) is 0.200. The van der Waals surface area contributed by atoms with Gasteiger partial charge in [0.15, 0.2) is 0 Å². The van der Waals surface area contributed by atoms with E-state index < -0.39 is 0 Å². The Morgan fingerprint density at radius 2 is 2.14 bits per heavy atom. The quantitative estimate of drug-likeness (QED) is 0.846. The molecule has 0 saturated heterocycles. The lowest BCUT2D eigenvalue weighted by atomic mass is 10.2. The highest BCUT2D eigenvalue weighted by molar-refractivity contribution is 9.10. The van der Waals surface area contributed by atoms with Crippen molar-refractivity contribution < 1.29 is 0 Å². The molecule has 0 bridgehead atoms. The van der Waals surface area contributed by atoms with Crippen LogP contribution in [0.1, 0.15) is 11.5 Å². The third kappa shape index (κ3) is 1.63. The molecule has 2 aromatic rings. The SMILES string of the molecule is Cc1nc(CN)c2ccc(Br)cc2n1. The Kier molecular flexibility index (Phi) is 2.48. The second-order valence-electron chi connectivity index (χ2n) is 3.08. The Labute approximate surface area is 90.5 Å². The molecule has 3 nitrogen and oxygen atoms in total. The van der Waals surface area contributed by atoms with E-state index in [9.17, 15) is 0 Å². The normalized spacial score (nSPS) is 10.8. The average Bonchev–Trinajstić information content (AvgIpc) is 2.15. The van der Waals surface area contributed by atoms with Crippen LogP contribution in [0, 0.1) is 6.92 Å². The molecule has 0 amide bonds. The molecular weight excluding hydrogens is 242 g/mol. The lowest BCUT2D eigenvalue weighted by Crippen LogP contribution is -2.03. The summed E-state index contributed by atoms with van der Waals surface area (Å²) in [6.07, 6.45) is 0. The molecule has 72 valence electrons. The molecule has 0 atom stereocenters. The van der Waals surface area contributed by atoms with Crippen molar-refractivity contribution in [1.82, 2.24) is 9.97 Å². The zero-order valence-corrected chi connectivity index (χ0v) is 9.37. The van der Waals surface area contributed by atoms with Gasteiger partial charge in [0.05, 0.1) is 11.2 Å². The van der Waals surface area contributed by atoms with Crippen LogP contribution in [0.15, 0.2) is 22.7 Å². The average molecular weight is 252 g/mol. The lowest BCUT2D eigenvalue weighted by Gasteiger charge is -2.04. The number of nitrogens with two attached hydrogens (primary N) is 1. The van der Waals surface area contributed by atoms with Crippen LogP contribution >= 0.6 is 15.9 Å². The van der Waals surface area contributed by atoms with Crippen LogP contribution in [0.3, 0.4) is 0 Å². The molecule has 2 rings (SSSR count). The van der Waals surface area contributed by atoms with E-state index in [1.54, 1.807) is 0 Å². The number of nitrogens with zero attached hydrogens (tertiary/aromatic N) is 2. The molecule has 0 aliphatic heterocycles. The minimum atomic E-state index is 0.446. The van der Waals surface area contributed by atoms with Gasteiger partial charge in [-0.1, -0.05) is 15.9 Å². The molecule has 4 heteroatoms. The second kappa shape index (κ2) is 3.63. The predicted octanol–water partition coefficient (Wildman–Crippen LogP) is 2.16. The third-order valence-electron chi connectivity index (χ3n) is 2.04. The summed E-state index contributed by atoms with van der Waals surface area (Å²) in [4.78, 5) is 8.65. The molecule has 0 radical (unpaired) electrons. The number of fused-ring (bicyclic) bond motifs is 1. The molecule has 1 aromatic carbocycles. The topological polar surface area (TPSA) is 51.8 Å². The summed E-state index contributed by atoms with van der Waals surface area (Å²) in [5.74, 6) is 0.760. The van der Waals surface area contributed by atoms with E-state index in [1.807, 2.05) is 25.1 Å². The van der Waals surface area contributed by atoms with Crippen molar-refractivity contribution in [2.24, 2.45) is 5.73 Å². The van der Waals surface area contributed by atoms with Gasteiger partial charge >= 0.3 is 0 Å². The van der Waals surface area contributed by atoms with Gasteiger partial charge in [0.2, 0.25) is 0 Å². The first-order chi connectivity index (χ1) is 6.70. The first-order valence-corrected chi connectivity index (χ1v) is 5.13. The van der Waals surface area contributed by atoms with Gasteiger partial charge in [-0.2, -0.15) is 0 Å². The zero-order chi connectivity index (χ0) is 10.1. The summed E-state index contributed by atoms with van der Waals surface area (Å²) in [5.41, 5.74) is 7.46. The molecule has 0 aliphatic rings. The zero-order valence-electron chi connectivity index (χ0n) is 7.79. The number of aromatic nitrogens is 2. The molecule has 0 spiro atoms. The molecule has 1 heterocycles. The highest BCUT2D eigenvalue weighted by Gasteiger charge is 2.03. The molecule has 0 unspecified atom stereocenters. The molecule has 2 N–H and O–H groups in total. The van der Waals surface area contributed by atoms with Gasteiger partial charge in [0.1, 0.15) is 5.82 Å². The van der Waals surface area contributed by atoms with Crippen molar-refractivity contribution in [3.05, 3.63) is 34.2 Å². The summed E-state index contributed by atoms with van der Waals surface area (Å²) in [7, 11) is 0. The Morgan fingerprint density at radius 3 is 2.86 bits per heavy atom. The van der Waals surface area contributed by atoms with E-state index in [0.717, 1.165) is 26.9 Å². The van der Waals surface area contributed by atoms with E-state index >= 15 is 0 Å². The smallest absolute Gasteiger partial charge is 0.126 e. The Bertz CT molecular complexity index is 477. The maximum atomic E-state index is 5.62. The molecule has 0 fully saturated rings. The lowest BCUT2D eigenvalue weighted by molar-refractivity contribution is 0.954. The third-order valence-corrected chi connectivity index (χ3v) is 2.54. The summed E-state index contributed by atoms with van der Waals surface area (Å²) >= 11 is 3.41. The second-order valence-corrected chi connectivity index (χ2v) is 4.00. The summed E-state index contributed by atoms with van der Waals surface area (Å²) in [5, 5.41) is 1.03. The maximum absolute atomic E-state index is 5.62. The van der Waals surface area contributed by atoms with Gasteiger partial charge < -0.3 is 5.73 Å². The highest BCUT2D eigenvalue weighted by Crippen LogP contribution is 2.20. The Balaban J connectivity index is 2.81. The summed E-state index contributed by atoms with van der Waals surface area (Å²) in [6.45, 7) is 2.32. The maximum Gasteiger partial charge on any atom is 0.126 e. The number of hydrogen-bond donors (Lipinski definition) is 1. The highest BCUT2D eigenvalue weighted by atomic mass is 79.9. The van der Waals surface area contributed by atoms with Gasteiger partial charge in [0, 0.05) is 16.4 Å². The first-order valence-electron chi connectivity index (χ1n) is 4.33. The van der Waals surface area contributed by atoms with E-state index in [-0.39, 0.29) is 0 Å². The number of benzene rings is 1. The van der Waals surface area contributed by atoms with Crippen LogP contribution in [0.5, 0.6) is 0 Å². The van der Waals surface area contributed by atoms with Crippen LogP contribution in [-0.4, -0.2) is 9.97 Å². The van der Waals surface area contributed by atoms with Crippen LogP contribution in [0.25, 0.3) is 10.9 Å². The van der Waals surface area contributed by atoms with Crippen molar-refractivity contribution in [3.63, 3.8) is 0 Å². The van der Waals surface area contributed by atoms with Crippen LogP contribution in [0.2, 0.25) is 0 Å². The van der Waals surface area contributed by atoms with E-state index in [4.69, 9.17) is 5.73 Å². The van der Waals surface area contributed by atoms with E-state index in [1.165, 1.54) is 0 Å². The van der Waals surface area contributed by atoms with Gasteiger partial charge in [-0.05, 0) is 25.1 Å². The predicted molar refractivity (Wildman–Crippen MR) is 59.9 cm³/mol. The largest absolute Gasteiger partial charge is 0.325 e. The Hall–Kier alpha value is -1.00. The number of hydrogen-bond acceptors (Lipinski definition) is 3. The van der Waals surface area contributed by atoms with Crippen molar-refractivity contribution in [3.8, 4) is 0 Å². The number of rotatable bonds is 1. The van der Waals surface area contributed by atoms with Crippen molar-refractivity contribution >= 4 is 26.8 Å². The van der Waals surface area contributed by atoms with Crippen molar-refractivity contribution in [2.45, 2.75) is 13.5 Å². The standard InChI is InChI=1S/C10H10BrN3/c1-6-13-9-4-7(11)2-3-8(9)10(5-12)14-6/h2-4H,5,12H2,1H3.